The van der Waals surface area contributed by atoms with Gasteiger partial charge in [0.25, 0.3) is 5.69 Å². The van der Waals surface area contributed by atoms with E-state index in [0.717, 1.165) is 0 Å². The van der Waals surface area contributed by atoms with Crippen LogP contribution in [-0.2, 0) is 6.61 Å². The average molecular weight is 274 g/mol. The highest BCUT2D eigenvalue weighted by Crippen LogP contribution is 2.20. The Morgan fingerprint density at radius 3 is 2.85 bits per heavy atom. The first kappa shape index (κ1) is 13.5. The number of rotatable bonds is 5. The Morgan fingerprint density at radius 1 is 1.35 bits per heavy atom. The number of nitrogens with zero attached hydrogens (tertiary/aromatic N) is 2. The van der Waals surface area contributed by atoms with Gasteiger partial charge in [0.05, 0.1) is 11.0 Å². The van der Waals surface area contributed by atoms with Crippen LogP contribution in [0.1, 0.15) is 16.1 Å². The Bertz CT molecular complexity index is 599. The van der Waals surface area contributed by atoms with E-state index in [2.05, 4.69) is 4.98 Å². The molecule has 0 bridgehead atoms. The number of aromatic carboxylic acids is 1. The molecule has 0 atom stereocenters. The fraction of sp³-hybridized carbons (Fsp3) is 0.0769. The predicted molar refractivity (Wildman–Crippen MR) is 68.6 cm³/mol. The van der Waals surface area contributed by atoms with Crippen LogP contribution in [0.15, 0.2) is 42.6 Å². The highest BCUT2D eigenvalue weighted by Gasteiger charge is 2.08. The molecule has 0 aliphatic rings. The van der Waals surface area contributed by atoms with E-state index in [0.29, 0.717) is 11.3 Å². The Kier molecular flexibility index (Phi) is 3.90. The predicted octanol–water partition coefficient (Wildman–Crippen LogP) is 2.27. The lowest BCUT2D eigenvalue weighted by Gasteiger charge is -2.06. The number of carboxylic acids is 1. The second kappa shape index (κ2) is 5.79. The summed E-state index contributed by atoms with van der Waals surface area (Å²) in [4.78, 5) is 24.6. The Morgan fingerprint density at radius 2 is 2.15 bits per heavy atom. The van der Waals surface area contributed by atoms with Crippen LogP contribution in [-0.4, -0.2) is 21.0 Å². The van der Waals surface area contributed by atoms with Crippen molar-refractivity contribution in [3.63, 3.8) is 0 Å². The molecule has 2 rings (SSSR count). The highest BCUT2D eigenvalue weighted by molar-refractivity contribution is 5.85. The molecular weight excluding hydrogens is 264 g/mol. The van der Waals surface area contributed by atoms with Crippen molar-refractivity contribution in [1.82, 2.24) is 4.98 Å². The lowest BCUT2D eigenvalue weighted by atomic mass is 10.2. The largest absolute Gasteiger partial charge is 0.489 e. The van der Waals surface area contributed by atoms with Crippen molar-refractivity contribution < 1.29 is 19.6 Å². The van der Waals surface area contributed by atoms with E-state index in [1.54, 1.807) is 12.1 Å². The summed E-state index contributed by atoms with van der Waals surface area (Å²) in [6.07, 6.45) is 1.37. The van der Waals surface area contributed by atoms with Crippen LogP contribution in [0.3, 0.4) is 0 Å². The van der Waals surface area contributed by atoms with Gasteiger partial charge in [-0.2, -0.15) is 0 Å². The van der Waals surface area contributed by atoms with Crippen molar-refractivity contribution in [3.8, 4) is 5.75 Å². The molecule has 1 N–H and O–H groups in total. The molecule has 7 heteroatoms. The van der Waals surface area contributed by atoms with Gasteiger partial charge >= 0.3 is 5.97 Å². The van der Waals surface area contributed by atoms with Crippen LogP contribution in [0.25, 0.3) is 0 Å². The Hall–Kier alpha value is -2.96. The normalized spacial score (nSPS) is 10.0. The summed E-state index contributed by atoms with van der Waals surface area (Å²) in [6, 6.07) is 8.78. The highest BCUT2D eigenvalue weighted by atomic mass is 16.6. The number of hydrogen-bond acceptors (Lipinski definition) is 5. The van der Waals surface area contributed by atoms with Crippen LogP contribution in [0.4, 0.5) is 5.69 Å². The second-order valence-corrected chi connectivity index (χ2v) is 3.90. The van der Waals surface area contributed by atoms with E-state index in [-0.39, 0.29) is 18.0 Å². The topological polar surface area (TPSA) is 103 Å². The van der Waals surface area contributed by atoms with Gasteiger partial charge in [-0.15, -0.1) is 0 Å². The molecule has 1 aromatic carbocycles. The van der Waals surface area contributed by atoms with Crippen LogP contribution < -0.4 is 4.74 Å². The number of nitro benzene ring substituents is 1. The lowest BCUT2D eigenvalue weighted by Crippen LogP contribution is -2.03. The number of hydrogen-bond donors (Lipinski definition) is 1. The quantitative estimate of drug-likeness (QED) is 0.662. The fourth-order valence-corrected chi connectivity index (χ4v) is 1.53. The first-order valence-corrected chi connectivity index (χ1v) is 5.62. The summed E-state index contributed by atoms with van der Waals surface area (Å²) >= 11 is 0. The minimum atomic E-state index is -1.12. The summed E-state index contributed by atoms with van der Waals surface area (Å²) in [6.45, 7) is 0.101. The first-order valence-electron chi connectivity index (χ1n) is 5.62. The zero-order chi connectivity index (χ0) is 14.5. The maximum atomic E-state index is 10.8. The van der Waals surface area contributed by atoms with Gasteiger partial charge in [0.2, 0.25) is 0 Å². The second-order valence-electron chi connectivity index (χ2n) is 3.90. The van der Waals surface area contributed by atoms with Crippen molar-refractivity contribution in [2.45, 2.75) is 6.61 Å². The van der Waals surface area contributed by atoms with Crippen LogP contribution in [0.5, 0.6) is 5.75 Å². The van der Waals surface area contributed by atoms with Crippen LogP contribution in [0, 0.1) is 10.1 Å². The van der Waals surface area contributed by atoms with Gasteiger partial charge in [0.15, 0.2) is 0 Å². The number of benzene rings is 1. The van der Waals surface area contributed by atoms with Gasteiger partial charge in [0.1, 0.15) is 18.1 Å². The standard InChI is InChI=1S/C13H10N2O5/c16-13(17)12-6-9(4-5-14-12)8-20-11-3-1-2-10(7-11)15(18)19/h1-7H,8H2,(H,16,17). The maximum Gasteiger partial charge on any atom is 0.354 e. The molecule has 0 saturated heterocycles. The van der Waals surface area contributed by atoms with Crippen molar-refractivity contribution in [1.29, 1.82) is 0 Å². The minimum Gasteiger partial charge on any atom is -0.489 e. The van der Waals surface area contributed by atoms with Gasteiger partial charge in [0, 0.05) is 12.3 Å². The Balaban J connectivity index is 2.08. The molecule has 7 nitrogen and oxygen atoms in total. The van der Waals surface area contributed by atoms with Crippen LogP contribution in [0.2, 0.25) is 0 Å². The van der Waals surface area contributed by atoms with Crippen molar-refractivity contribution in [2.75, 3.05) is 0 Å². The molecule has 0 aliphatic heterocycles. The van der Waals surface area contributed by atoms with E-state index in [1.807, 2.05) is 0 Å². The zero-order valence-corrected chi connectivity index (χ0v) is 10.2. The van der Waals surface area contributed by atoms with E-state index < -0.39 is 10.9 Å². The van der Waals surface area contributed by atoms with E-state index in [4.69, 9.17) is 9.84 Å². The number of non-ortho nitro benzene ring substituents is 1. The van der Waals surface area contributed by atoms with Crippen molar-refractivity contribution in [3.05, 3.63) is 64.0 Å². The van der Waals surface area contributed by atoms with E-state index in [9.17, 15) is 14.9 Å². The molecule has 20 heavy (non-hydrogen) atoms. The number of carbonyl (C=O) groups is 1. The molecule has 0 radical (unpaired) electrons. The summed E-state index contributed by atoms with van der Waals surface area (Å²) in [5, 5.41) is 19.4. The summed E-state index contributed by atoms with van der Waals surface area (Å²) in [5.41, 5.74) is 0.470. The molecule has 0 unspecified atom stereocenters. The molecule has 0 spiro atoms. The van der Waals surface area contributed by atoms with Crippen molar-refractivity contribution in [2.24, 2.45) is 0 Å². The Labute approximate surface area is 113 Å². The molecule has 0 aliphatic carbocycles. The fourth-order valence-electron chi connectivity index (χ4n) is 1.53. The summed E-state index contributed by atoms with van der Waals surface area (Å²) in [7, 11) is 0. The lowest BCUT2D eigenvalue weighted by molar-refractivity contribution is -0.384. The molecule has 2 aromatic rings. The zero-order valence-electron chi connectivity index (χ0n) is 10.2. The van der Waals surface area contributed by atoms with Gasteiger partial charge < -0.3 is 9.84 Å². The van der Waals surface area contributed by atoms with E-state index in [1.165, 1.54) is 30.5 Å². The SMILES string of the molecule is O=C(O)c1cc(COc2cccc([N+](=O)[O-])c2)ccn1. The number of pyridine rings is 1. The van der Waals surface area contributed by atoms with E-state index >= 15 is 0 Å². The number of aromatic nitrogens is 1. The third kappa shape index (κ3) is 3.29. The monoisotopic (exact) mass is 274 g/mol. The molecule has 1 heterocycles. The number of ether oxygens (including phenoxy) is 1. The molecule has 0 amide bonds. The average Bonchev–Trinajstić information content (AvgIpc) is 2.45. The molecule has 102 valence electrons. The third-order valence-electron chi connectivity index (χ3n) is 2.48. The van der Waals surface area contributed by atoms with Gasteiger partial charge in [-0.05, 0) is 23.8 Å². The van der Waals surface area contributed by atoms with Crippen LogP contribution >= 0.6 is 0 Å². The van der Waals surface area contributed by atoms with Gasteiger partial charge in [-0.3, -0.25) is 10.1 Å². The molecular formula is C13H10N2O5. The van der Waals surface area contributed by atoms with Gasteiger partial charge in [-0.1, -0.05) is 6.07 Å². The van der Waals surface area contributed by atoms with Crippen molar-refractivity contribution >= 4 is 11.7 Å². The minimum absolute atomic E-state index is 0.0662. The summed E-state index contributed by atoms with van der Waals surface area (Å²) < 4.78 is 5.39. The third-order valence-corrected chi connectivity index (χ3v) is 2.48. The summed E-state index contributed by atoms with van der Waals surface area (Å²) in [5.74, 6) is -0.782. The van der Waals surface area contributed by atoms with Gasteiger partial charge in [-0.25, -0.2) is 9.78 Å². The number of carboxylic acid groups (broad SMARTS) is 1. The molecule has 0 saturated carbocycles. The molecule has 1 aromatic heterocycles. The smallest absolute Gasteiger partial charge is 0.354 e. The first-order chi connectivity index (χ1) is 9.56. The maximum absolute atomic E-state index is 10.8. The molecule has 0 fully saturated rings. The number of nitro groups is 1.